The number of hydrogen-bond donors (Lipinski definition) is 1. The summed E-state index contributed by atoms with van der Waals surface area (Å²) < 4.78 is 26.6. The summed E-state index contributed by atoms with van der Waals surface area (Å²) in [6.45, 7) is 13.9. The van der Waals surface area contributed by atoms with Crippen LogP contribution in [0, 0.1) is 11.5 Å². The predicted molar refractivity (Wildman–Crippen MR) is 166 cm³/mol. The molecule has 42 heavy (non-hydrogen) atoms. The van der Waals surface area contributed by atoms with Crippen LogP contribution in [0.3, 0.4) is 0 Å². The van der Waals surface area contributed by atoms with E-state index in [1.807, 2.05) is 30.3 Å². The molecule has 2 bridgehead atoms. The Bertz CT molecular complexity index is 1290. The van der Waals surface area contributed by atoms with Crippen molar-refractivity contribution in [1.82, 2.24) is 15.1 Å². The third kappa shape index (κ3) is 5.99. The summed E-state index contributed by atoms with van der Waals surface area (Å²) in [5, 5.41) is 18.4. The van der Waals surface area contributed by atoms with Gasteiger partial charge in [0.25, 0.3) is 0 Å². The van der Waals surface area contributed by atoms with E-state index in [4.69, 9.17) is 9.47 Å². The molecule has 0 spiro atoms. The van der Waals surface area contributed by atoms with Crippen molar-refractivity contribution in [2.75, 3.05) is 25.9 Å². The zero-order valence-corrected chi connectivity index (χ0v) is 27.1. The molecule has 1 amide bonds. The van der Waals surface area contributed by atoms with E-state index < -0.39 is 32.4 Å². The van der Waals surface area contributed by atoms with Crippen LogP contribution in [0.4, 0.5) is 15.0 Å². The van der Waals surface area contributed by atoms with Crippen molar-refractivity contribution < 1.29 is 23.8 Å². The van der Waals surface area contributed by atoms with Gasteiger partial charge in [-0.25, -0.2) is 9.18 Å². The minimum absolute atomic E-state index is 0.0794. The van der Waals surface area contributed by atoms with Gasteiger partial charge in [0.15, 0.2) is 12.6 Å². The Morgan fingerprint density at radius 1 is 1.12 bits per heavy atom. The molecule has 8 nitrogen and oxygen atoms in total. The maximum Gasteiger partial charge on any atom is 0.407 e. The third-order valence-electron chi connectivity index (χ3n) is 9.40. The highest BCUT2D eigenvalue weighted by atomic mass is 28.3. The predicted octanol–water partition coefficient (Wildman–Crippen LogP) is 6.75. The van der Waals surface area contributed by atoms with E-state index in [0.29, 0.717) is 53.1 Å². The molecule has 10 heteroatoms. The smallest absolute Gasteiger partial charge is 0.407 e. The van der Waals surface area contributed by atoms with Gasteiger partial charge >= 0.3 is 6.09 Å². The van der Waals surface area contributed by atoms with Crippen LogP contribution in [0.2, 0.25) is 16.6 Å². The topological polar surface area (TPSA) is 88.0 Å². The first-order valence-electron chi connectivity index (χ1n) is 14.9. The number of rotatable bonds is 9. The first-order chi connectivity index (χ1) is 19.9. The Balaban J connectivity index is 1.59. The Hall–Kier alpha value is -3.16. The monoisotopic (exact) mass is 596 g/mol. The summed E-state index contributed by atoms with van der Waals surface area (Å²) in [6, 6.07) is 8.29. The number of carboxylic acid groups (broad SMARTS) is 1. The number of ether oxygens (including phenoxy) is 2. The van der Waals surface area contributed by atoms with E-state index in [1.165, 1.54) is 4.90 Å². The SMILES string of the molecule is COCOc1cc(C#C[Si](C(C)C)(C(C)C)C(C)C)ccc1-c1ccc(N(C)[C@@H]2C[C@H]3CC[C@@H]([C@@H]2F)N3C(=O)O)nn1. The molecule has 1 aromatic carbocycles. The minimum Gasteiger partial charge on any atom is -0.467 e. The molecule has 0 aliphatic carbocycles. The van der Waals surface area contributed by atoms with Gasteiger partial charge in [-0.15, -0.1) is 15.7 Å². The third-order valence-corrected chi connectivity index (χ3v) is 15.7. The number of halogens is 1. The highest BCUT2D eigenvalue weighted by Gasteiger charge is 2.51. The molecule has 3 heterocycles. The number of amides is 1. The number of benzene rings is 1. The van der Waals surface area contributed by atoms with Gasteiger partial charge in [0.1, 0.15) is 20.0 Å². The summed E-state index contributed by atoms with van der Waals surface area (Å²) in [7, 11) is 1.48. The molecule has 4 rings (SSSR count). The molecular weight excluding hydrogens is 551 g/mol. The average Bonchev–Trinajstić information content (AvgIpc) is 3.30. The second-order valence-corrected chi connectivity index (χ2v) is 18.1. The van der Waals surface area contributed by atoms with Gasteiger partial charge in [-0.3, -0.25) is 4.90 Å². The Labute approximate surface area is 250 Å². The molecule has 228 valence electrons. The lowest BCUT2D eigenvalue weighted by Gasteiger charge is -2.43. The van der Waals surface area contributed by atoms with Crippen molar-refractivity contribution in [3.63, 3.8) is 0 Å². The normalized spacial score (nSPS) is 22.0. The second-order valence-electron chi connectivity index (χ2n) is 12.5. The number of aromatic nitrogens is 2. The number of methoxy groups -OCH3 is 1. The Morgan fingerprint density at radius 3 is 2.38 bits per heavy atom. The van der Waals surface area contributed by atoms with E-state index in [9.17, 15) is 9.90 Å². The van der Waals surface area contributed by atoms with Gasteiger partial charge in [-0.05, 0) is 66.2 Å². The van der Waals surface area contributed by atoms with Crippen molar-refractivity contribution in [2.24, 2.45) is 0 Å². The molecule has 2 saturated heterocycles. The molecule has 2 aromatic rings. The van der Waals surface area contributed by atoms with E-state index >= 15 is 4.39 Å². The first-order valence-corrected chi connectivity index (χ1v) is 17.2. The van der Waals surface area contributed by atoms with Crippen LogP contribution in [0.15, 0.2) is 30.3 Å². The van der Waals surface area contributed by atoms with Crippen molar-refractivity contribution in [1.29, 1.82) is 0 Å². The number of piperidine rings is 1. The maximum absolute atomic E-state index is 15.5. The van der Waals surface area contributed by atoms with Crippen LogP contribution >= 0.6 is 0 Å². The lowest BCUT2D eigenvalue weighted by Crippen LogP contribution is -2.58. The van der Waals surface area contributed by atoms with E-state index in [1.54, 1.807) is 19.1 Å². The van der Waals surface area contributed by atoms with Crippen molar-refractivity contribution >= 4 is 20.0 Å². The fraction of sp³-hybridized carbons (Fsp3) is 0.594. The van der Waals surface area contributed by atoms with Crippen LogP contribution in [0.5, 0.6) is 5.75 Å². The molecular formula is C32H45FN4O4Si. The molecule has 4 atom stereocenters. The molecule has 0 saturated carbocycles. The standard InChI is InChI=1S/C32H45FN4O4Si/c1-20(2)42(21(3)4,22(5)6)16-15-23-9-11-25(29(17-23)41-19-40-8)26-12-14-30(35-34-26)36(7)28-18-24-10-13-27(31(28)33)37(24)32(38)39/h9,11-12,14,17,20-22,24,27-28,31H,10,13,18-19H2,1-8H3,(H,38,39)/t24-,27+,28-,31+/m1/s1. The number of nitrogens with zero attached hydrogens (tertiary/aromatic N) is 4. The van der Waals surface area contributed by atoms with Gasteiger partial charge in [-0.1, -0.05) is 47.5 Å². The first kappa shape index (κ1) is 31.8. The van der Waals surface area contributed by atoms with Crippen molar-refractivity contribution in [3.05, 3.63) is 35.9 Å². The Kier molecular flexibility index (Phi) is 9.83. The van der Waals surface area contributed by atoms with Crippen LogP contribution in [0.25, 0.3) is 11.3 Å². The van der Waals surface area contributed by atoms with Gasteiger partial charge < -0.3 is 19.5 Å². The van der Waals surface area contributed by atoms with Crippen molar-refractivity contribution in [2.45, 2.75) is 102 Å². The summed E-state index contributed by atoms with van der Waals surface area (Å²) in [6.07, 6.45) is -0.673. The fourth-order valence-electron chi connectivity index (χ4n) is 7.28. The zero-order valence-electron chi connectivity index (χ0n) is 26.1. The van der Waals surface area contributed by atoms with Crippen molar-refractivity contribution in [3.8, 4) is 28.5 Å². The second kappa shape index (κ2) is 13.0. The molecule has 0 radical (unpaired) electrons. The fourth-order valence-corrected chi connectivity index (χ4v) is 12.5. The molecule has 2 fully saturated rings. The number of hydrogen-bond acceptors (Lipinski definition) is 6. The molecule has 2 aliphatic rings. The summed E-state index contributed by atoms with van der Waals surface area (Å²) in [5.74, 6) is 4.62. The Morgan fingerprint density at radius 2 is 1.81 bits per heavy atom. The molecule has 0 unspecified atom stereocenters. The largest absolute Gasteiger partial charge is 0.467 e. The van der Waals surface area contributed by atoms with E-state index in [0.717, 1.165) is 11.1 Å². The van der Waals surface area contributed by atoms with Gasteiger partial charge in [0.2, 0.25) is 0 Å². The van der Waals surface area contributed by atoms with Crippen LogP contribution in [-0.4, -0.2) is 79.6 Å². The van der Waals surface area contributed by atoms with Crippen LogP contribution < -0.4 is 9.64 Å². The highest BCUT2D eigenvalue weighted by molar-refractivity contribution is 6.90. The van der Waals surface area contributed by atoms with E-state index in [2.05, 4.69) is 63.2 Å². The maximum atomic E-state index is 15.5. The van der Waals surface area contributed by atoms with E-state index in [-0.39, 0.29) is 12.8 Å². The van der Waals surface area contributed by atoms with Crippen LogP contribution in [0.1, 0.15) is 66.4 Å². The number of anilines is 1. The van der Waals surface area contributed by atoms with Crippen LogP contribution in [-0.2, 0) is 4.74 Å². The summed E-state index contributed by atoms with van der Waals surface area (Å²) in [5.41, 5.74) is 7.63. The van der Waals surface area contributed by atoms with Gasteiger partial charge in [0.05, 0.1) is 17.8 Å². The lowest BCUT2D eigenvalue weighted by molar-refractivity contribution is 0.0489. The number of alkyl halides is 1. The van der Waals surface area contributed by atoms with Gasteiger partial charge in [0, 0.05) is 31.3 Å². The van der Waals surface area contributed by atoms with Gasteiger partial charge in [-0.2, -0.15) is 0 Å². The molecule has 1 aromatic heterocycles. The quantitative estimate of drug-likeness (QED) is 0.195. The average molecular weight is 597 g/mol. The minimum atomic E-state index is -1.89. The molecule has 1 N–H and O–H groups in total. The number of carbonyl (C=O) groups is 1. The summed E-state index contributed by atoms with van der Waals surface area (Å²) in [4.78, 5) is 14.7. The number of fused-ring (bicyclic) bond motifs is 2. The highest BCUT2D eigenvalue weighted by Crippen LogP contribution is 2.42. The zero-order chi connectivity index (χ0) is 30.8. The summed E-state index contributed by atoms with van der Waals surface area (Å²) >= 11 is 0. The molecule has 2 aliphatic heterocycles. The lowest BCUT2D eigenvalue weighted by atomic mass is 9.94.